The number of benzene rings is 1. The molecule has 0 unspecified atom stereocenters. The predicted octanol–water partition coefficient (Wildman–Crippen LogP) is 2.21. The van der Waals surface area contributed by atoms with E-state index in [1.165, 1.54) is 22.7 Å². The Balaban J connectivity index is 2.02. The summed E-state index contributed by atoms with van der Waals surface area (Å²) in [7, 11) is -7.09. The van der Waals surface area contributed by atoms with E-state index in [1.807, 2.05) is 0 Å². The Labute approximate surface area is 149 Å². The maximum absolute atomic E-state index is 12.3. The molecule has 6 nitrogen and oxygen atoms in total. The summed E-state index contributed by atoms with van der Waals surface area (Å²) >= 11 is 5.82. The summed E-state index contributed by atoms with van der Waals surface area (Å²) in [5, 5.41) is 0.331. The molecule has 0 heterocycles. The van der Waals surface area contributed by atoms with Crippen molar-refractivity contribution in [1.82, 2.24) is 9.03 Å². The smallest absolute Gasteiger partial charge is 0.212 e. The van der Waals surface area contributed by atoms with Crippen molar-refractivity contribution in [2.45, 2.75) is 43.0 Å². The number of halogens is 1. The van der Waals surface area contributed by atoms with Crippen LogP contribution < -0.4 is 4.72 Å². The Morgan fingerprint density at radius 3 is 2.42 bits per heavy atom. The minimum absolute atomic E-state index is 0.0262. The summed E-state index contributed by atoms with van der Waals surface area (Å²) in [6, 6.07) is 5.92. The van der Waals surface area contributed by atoms with Crippen molar-refractivity contribution in [2.75, 3.05) is 19.3 Å². The van der Waals surface area contributed by atoms with Gasteiger partial charge in [-0.1, -0.05) is 36.9 Å². The van der Waals surface area contributed by atoms with E-state index in [2.05, 4.69) is 4.72 Å². The molecule has 1 aromatic carbocycles. The van der Waals surface area contributed by atoms with Gasteiger partial charge in [-0.3, -0.25) is 0 Å². The maximum Gasteiger partial charge on any atom is 0.240 e. The molecule has 0 amide bonds. The van der Waals surface area contributed by atoms with Crippen LogP contribution >= 0.6 is 11.6 Å². The molecule has 24 heavy (non-hydrogen) atoms. The van der Waals surface area contributed by atoms with Crippen molar-refractivity contribution in [3.8, 4) is 0 Å². The van der Waals surface area contributed by atoms with Crippen molar-refractivity contribution in [1.29, 1.82) is 0 Å². The van der Waals surface area contributed by atoms with Crippen molar-refractivity contribution in [3.63, 3.8) is 0 Å². The number of hydrogen-bond acceptors (Lipinski definition) is 4. The Hall–Kier alpha value is -0.670. The van der Waals surface area contributed by atoms with Gasteiger partial charge in [0, 0.05) is 24.2 Å². The van der Waals surface area contributed by atoms with E-state index in [1.54, 1.807) is 12.1 Å². The molecule has 0 spiro atoms. The lowest BCUT2D eigenvalue weighted by Gasteiger charge is -2.32. The lowest BCUT2D eigenvalue weighted by atomic mass is 9.95. The fourth-order valence-corrected chi connectivity index (χ4v) is 5.49. The summed E-state index contributed by atoms with van der Waals surface area (Å²) in [4.78, 5) is 0.0681. The van der Waals surface area contributed by atoms with E-state index in [0.29, 0.717) is 5.02 Å². The molecule has 9 heteroatoms. The van der Waals surface area contributed by atoms with Gasteiger partial charge >= 0.3 is 0 Å². The topological polar surface area (TPSA) is 83.6 Å². The van der Waals surface area contributed by atoms with Gasteiger partial charge in [0.25, 0.3) is 0 Å². The average molecular weight is 395 g/mol. The van der Waals surface area contributed by atoms with Gasteiger partial charge in [-0.15, -0.1) is 0 Å². The van der Waals surface area contributed by atoms with Gasteiger partial charge in [0.15, 0.2) is 0 Å². The van der Waals surface area contributed by atoms with Gasteiger partial charge in [-0.25, -0.2) is 21.6 Å². The zero-order valence-electron chi connectivity index (χ0n) is 13.6. The van der Waals surface area contributed by atoms with E-state index < -0.39 is 20.0 Å². The normalized spacial score (nSPS) is 17.3. The van der Waals surface area contributed by atoms with Crippen LogP contribution in [0.3, 0.4) is 0 Å². The van der Waals surface area contributed by atoms with Crippen molar-refractivity contribution >= 4 is 31.6 Å². The van der Waals surface area contributed by atoms with Crippen molar-refractivity contribution in [3.05, 3.63) is 29.3 Å². The molecule has 136 valence electrons. The third-order valence-corrected chi connectivity index (χ3v) is 7.17. The van der Waals surface area contributed by atoms with Crippen LogP contribution in [-0.4, -0.2) is 46.5 Å². The number of sulfonamides is 2. The highest BCUT2D eigenvalue weighted by Crippen LogP contribution is 2.24. The summed E-state index contributed by atoms with van der Waals surface area (Å²) in [5.74, 6) is 0. The van der Waals surface area contributed by atoms with Gasteiger partial charge in [0.1, 0.15) is 0 Å². The number of hydrogen-bond donors (Lipinski definition) is 1. The third-order valence-electron chi connectivity index (χ3n) is 4.14. The van der Waals surface area contributed by atoms with Gasteiger partial charge in [-0.05, 0) is 31.0 Å². The third kappa shape index (κ3) is 5.42. The second-order valence-corrected chi connectivity index (χ2v) is 10.2. The summed E-state index contributed by atoms with van der Waals surface area (Å²) < 4.78 is 52.4. The molecular formula is C15H23ClN2O4S2. The Bertz CT molecular complexity index is 759. The first-order valence-electron chi connectivity index (χ1n) is 7.92. The van der Waals surface area contributed by atoms with E-state index in [9.17, 15) is 16.8 Å². The lowest BCUT2D eigenvalue weighted by molar-refractivity contribution is 0.257. The molecule has 2 rings (SSSR count). The van der Waals surface area contributed by atoms with Gasteiger partial charge in [-0.2, -0.15) is 4.31 Å². The van der Waals surface area contributed by atoms with Gasteiger partial charge in [0.2, 0.25) is 20.0 Å². The summed E-state index contributed by atoms with van der Waals surface area (Å²) in [6.45, 7) is 0.154. The number of nitrogens with one attached hydrogen (secondary N) is 1. The minimum Gasteiger partial charge on any atom is -0.212 e. The molecule has 1 aliphatic rings. The first-order chi connectivity index (χ1) is 11.2. The summed E-state index contributed by atoms with van der Waals surface area (Å²) in [6.07, 6.45) is 5.96. The van der Waals surface area contributed by atoms with Gasteiger partial charge in [0.05, 0.1) is 11.2 Å². The monoisotopic (exact) mass is 394 g/mol. The minimum atomic E-state index is -3.71. The van der Waals surface area contributed by atoms with Gasteiger partial charge < -0.3 is 0 Å². The Morgan fingerprint density at radius 1 is 1.17 bits per heavy atom. The molecule has 0 aliphatic heterocycles. The molecule has 0 aromatic heterocycles. The molecule has 1 N–H and O–H groups in total. The van der Waals surface area contributed by atoms with Crippen LogP contribution in [0.4, 0.5) is 0 Å². The highest BCUT2D eigenvalue weighted by atomic mass is 35.5. The van der Waals surface area contributed by atoms with E-state index in [4.69, 9.17) is 11.6 Å². The van der Waals surface area contributed by atoms with Crippen molar-refractivity contribution in [2.24, 2.45) is 0 Å². The van der Waals surface area contributed by atoms with Crippen molar-refractivity contribution < 1.29 is 16.8 Å². The van der Waals surface area contributed by atoms with Crippen LogP contribution in [0.2, 0.25) is 5.02 Å². The molecule has 1 aromatic rings. The van der Waals surface area contributed by atoms with Crippen LogP contribution in [0, 0.1) is 0 Å². The maximum atomic E-state index is 12.3. The Morgan fingerprint density at radius 2 is 1.83 bits per heavy atom. The molecule has 0 saturated heterocycles. The largest absolute Gasteiger partial charge is 0.240 e. The van der Waals surface area contributed by atoms with Crippen LogP contribution in [0.5, 0.6) is 0 Å². The zero-order valence-corrected chi connectivity index (χ0v) is 16.0. The molecule has 0 radical (unpaired) electrons. The zero-order chi connectivity index (χ0) is 17.8. The van der Waals surface area contributed by atoms with Crippen LogP contribution in [0.25, 0.3) is 0 Å². The first kappa shape index (κ1) is 19.7. The predicted molar refractivity (Wildman–Crippen MR) is 95.1 cm³/mol. The standard InChI is InChI=1S/C15H23ClN2O4S2/c1-23(19,20)18(14-7-3-2-4-8-14)11-10-17-24(21,22)15-9-5-6-13(16)12-15/h5-6,9,12,14,17H,2-4,7-8,10-11H2,1H3. The molecule has 1 aliphatic carbocycles. The van der Waals surface area contributed by atoms with Crippen LogP contribution in [0.1, 0.15) is 32.1 Å². The SMILES string of the molecule is CS(=O)(=O)N(CCNS(=O)(=O)c1cccc(Cl)c1)C1CCCCC1. The number of nitrogens with zero attached hydrogens (tertiary/aromatic N) is 1. The van der Waals surface area contributed by atoms with Crippen LogP contribution in [-0.2, 0) is 20.0 Å². The molecule has 0 atom stereocenters. The molecule has 0 bridgehead atoms. The highest BCUT2D eigenvalue weighted by Gasteiger charge is 2.28. The molecular weight excluding hydrogens is 372 g/mol. The average Bonchev–Trinajstić information content (AvgIpc) is 2.51. The first-order valence-corrected chi connectivity index (χ1v) is 11.6. The second-order valence-electron chi connectivity index (χ2n) is 6.02. The van der Waals surface area contributed by atoms with E-state index in [0.717, 1.165) is 32.1 Å². The fraction of sp³-hybridized carbons (Fsp3) is 0.600. The van der Waals surface area contributed by atoms with E-state index in [-0.39, 0.29) is 24.0 Å². The fourth-order valence-electron chi connectivity index (χ4n) is 3.00. The highest BCUT2D eigenvalue weighted by molar-refractivity contribution is 7.89. The molecule has 1 saturated carbocycles. The van der Waals surface area contributed by atoms with Crippen LogP contribution in [0.15, 0.2) is 29.2 Å². The van der Waals surface area contributed by atoms with E-state index >= 15 is 0 Å². The Kier molecular flexibility index (Phi) is 6.66. The quantitative estimate of drug-likeness (QED) is 0.768. The molecule has 1 fully saturated rings. The second kappa shape index (κ2) is 8.14. The number of rotatable bonds is 7. The summed E-state index contributed by atoms with van der Waals surface area (Å²) in [5.41, 5.74) is 0. The lowest BCUT2D eigenvalue weighted by Crippen LogP contribution is -2.44.